The molecule has 2 aromatic rings. The molecule has 0 aliphatic carbocycles. The van der Waals surface area contributed by atoms with Crippen molar-refractivity contribution in [3.63, 3.8) is 0 Å². The molecular weight excluding hydrogens is 292 g/mol. The van der Waals surface area contributed by atoms with Crippen molar-refractivity contribution in [2.24, 2.45) is 0 Å². The zero-order valence-electron chi connectivity index (χ0n) is 9.77. The van der Waals surface area contributed by atoms with Gasteiger partial charge in [0, 0.05) is 0 Å². The molecule has 0 saturated carbocycles. The number of hydrogen-bond acceptors (Lipinski definition) is 5. The monoisotopic (exact) mass is 302 g/mol. The molecule has 8 heteroatoms. The number of fused-ring (bicyclic) bond motifs is 1. The van der Waals surface area contributed by atoms with Crippen LogP contribution in [0.15, 0.2) is 41.3 Å². The highest BCUT2D eigenvalue weighted by Crippen LogP contribution is 2.20. The van der Waals surface area contributed by atoms with Crippen molar-refractivity contribution in [2.75, 3.05) is 0 Å². The van der Waals surface area contributed by atoms with Gasteiger partial charge >= 0.3 is 10.6 Å². The van der Waals surface area contributed by atoms with Crippen molar-refractivity contribution in [3.8, 4) is 0 Å². The maximum Gasteiger partial charge on any atom is 0.425 e. The molecule has 0 saturated heterocycles. The largest absolute Gasteiger partial charge is 0.425 e. The van der Waals surface area contributed by atoms with Gasteiger partial charge < -0.3 is 0 Å². The summed E-state index contributed by atoms with van der Waals surface area (Å²) in [5.41, 5.74) is 1.05. The lowest BCUT2D eigenvalue weighted by Crippen LogP contribution is -1.97. The Morgan fingerprint density at radius 2 is 1.47 bits per heavy atom. The maximum absolute atomic E-state index is 10.9. The molecule has 0 atom stereocenters. The van der Waals surface area contributed by atoms with Gasteiger partial charge in [-0.05, 0) is 29.8 Å². The van der Waals surface area contributed by atoms with Crippen LogP contribution >= 0.6 is 0 Å². The lowest BCUT2D eigenvalue weighted by molar-refractivity contribution is 0.483. The van der Waals surface area contributed by atoms with Crippen LogP contribution in [0, 0.1) is 6.92 Å². The van der Waals surface area contributed by atoms with Gasteiger partial charge in [0.05, 0.1) is 4.90 Å². The van der Waals surface area contributed by atoms with Crippen LogP contribution in [0.3, 0.4) is 0 Å². The number of benzene rings is 2. The second kappa shape index (κ2) is 5.91. The average Bonchev–Trinajstić information content (AvgIpc) is 2.26. The normalized spacial score (nSPS) is 10.6. The smallest absolute Gasteiger partial charge is 0.282 e. The van der Waals surface area contributed by atoms with Crippen molar-refractivity contribution in [2.45, 2.75) is 11.8 Å². The lowest BCUT2D eigenvalue weighted by atomic mass is 10.1. The predicted molar refractivity (Wildman–Crippen MR) is 68.2 cm³/mol. The molecule has 6 nitrogen and oxygen atoms in total. The zero-order valence-corrected chi connectivity index (χ0v) is 11.4. The molecule has 1 N–H and O–H groups in total. The van der Waals surface area contributed by atoms with E-state index in [9.17, 15) is 8.42 Å². The highest BCUT2D eigenvalue weighted by molar-refractivity contribution is 7.85. The molecule has 0 aliphatic rings. The Labute approximate surface area is 111 Å². The van der Waals surface area contributed by atoms with Gasteiger partial charge in [-0.2, -0.15) is 8.42 Å². The molecule has 0 bridgehead atoms. The topological polar surface area (TPSA) is 106 Å². The molecule has 102 valence electrons. The number of aryl methyl sites for hydroxylation is 1. The fourth-order valence-corrected chi connectivity index (χ4v) is 2.02. The van der Waals surface area contributed by atoms with E-state index in [1.807, 2.05) is 25.1 Å². The van der Waals surface area contributed by atoms with Gasteiger partial charge in [0.2, 0.25) is 0 Å². The molecule has 0 aliphatic heterocycles. The lowest BCUT2D eigenvalue weighted by Gasteiger charge is -2.01. The Hall–Kier alpha value is -1.77. The van der Waals surface area contributed by atoms with Crippen molar-refractivity contribution in [1.29, 1.82) is 0 Å². The van der Waals surface area contributed by atoms with Crippen LogP contribution in [0.1, 0.15) is 5.56 Å². The molecule has 0 aromatic heterocycles. The maximum atomic E-state index is 10.9. The molecular formula is C11H10O6S2. The number of rotatable bonds is 1. The third-order valence-corrected chi connectivity index (χ3v) is 3.11. The number of hydrogen-bond donors (Lipinski definition) is 1. The van der Waals surface area contributed by atoms with Gasteiger partial charge in [-0.3, -0.25) is 4.55 Å². The summed E-state index contributed by atoms with van der Waals surface area (Å²) in [6.45, 7) is 1.93. The van der Waals surface area contributed by atoms with Crippen molar-refractivity contribution >= 4 is 31.5 Å². The van der Waals surface area contributed by atoms with E-state index in [2.05, 4.69) is 0 Å². The zero-order chi connectivity index (χ0) is 14.6. The fourth-order valence-electron chi connectivity index (χ4n) is 1.50. The Kier molecular flexibility index (Phi) is 4.76. The quantitative estimate of drug-likeness (QED) is 0.798. The first-order chi connectivity index (χ1) is 8.70. The highest BCUT2D eigenvalue weighted by Gasteiger charge is 2.09. The van der Waals surface area contributed by atoms with E-state index in [1.54, 1.807) is 6.07 Å². The Morgan fingerprint density at radius 1 is 0.947 bits per heavy atom. The minimum Gasteiger partial charge on any atom is -0.282 e. The third-order valence-electron chi connectivity index (χ3n) is 2.27. The second-order valence-electron chi connectivity index (χ2n) is 3.69. The summed E-state index contributed by atoms with van der Waals surface area (Å²) >= 11 is 0. The van der Waals surface area contributed by atoms with Crippen molar-refractivity contribution in [3.05, 3.63) is 42.0 Å². The molecule has 0 radical (unpaired) electrons. The summed E-state index contributed by atoms with van der Waals surface area (Å²) in [7, 11) is -7.22. The molecule has 2 rings (SSSR count). The van der Waals surface area contributed by atoms with Crippen LogP contribution in [0.4, 0.5) is 0 Å². The van der Waals surface area contributed by atoms with Gasteiger partial charge in [0.1, 0.15) is 0 Å². The second-order valence-corrected chi connectivity index (χ2v) is 5.52. The summed E-state index contributed by atoms with van der Waals surface area (Å²) in [4.78, 5) is -0.0689. The summed E-state index contributed by atoms with van der Waals surface area (Å²) < 4.78 is 56.1. The van der Waals surface area contributed by atoms with E-state index >= 15 is 0 Å². The van der Waals surface area contributed by atoms with Crippen LogP contribution < -0.4 is 0 Å². The van der Waals surface area contributed by atoms with Gasteiger partial charge in [0.25, 0.3) is 10.1 Å². The highest BCUT2D eigenvalue weighted by atomic mass is 32.2. The summed E-state index contributed by atoms with van der Waals surface area (Å²) in [5, 5.41) is 1.76. The minimum atomic E-state index is -4.11. The summed E-state index contributed by atoms with van der Waals surface area (Å²) in [6.07, 6.45) is 0. The standard InChI is InChI=1S/C11H10O3S.O3S/c1-8-2-3-9-4-5-11(15(12,13)14)7-10(9)6-8;1-4(2)3/h2-7H,1H3,(H,12,13,14);. The minimum absolute atomic E-state index is 0.0689. The van der Waals surface area contributed by atoms with E-state index in [0.717, 1.165) is 16.3 Å². The van der Waals surface area contributed by atoms with Crippen molar-refractivity contribution < 1.29 is 25.6 Å². The van der Waals surface area contributed by atoms with Gasteiger partial charge in [-0.25, -0.2) is 0 Å². The molecule has 19 heavy (non-hydrogen) atoms. The summed E-state index contributed by atoms with van der Waals surface area (Å²) in [6, 6.07) is 10.3. The average molecular weight is 302 g/mol. The Bertz CT molecular complexity index is 800. The first-order valence-corrected chi connectivity index (χ1v) is 7.39. The van der Waals surface area contributed by atoms with Crippen LogP contribution in [0.25, 0.3) is 10.8 Å². The molecule has 0 spiro atoms. The SMILES string of the molecule is Cc1ccc2ccc(S(=O)(=O)O)cc2c1.O=S(=O)=O. The van der Waals surface area contributed by atoms with Gasteiger partial charge in [-0.15, -0.1) is 12.6 Å². The molecule has 0 amide bonds. The van der Waals surface area contributed by atoms with Crippen LogP contribution in [-0.4, -0.2) is 25.6 Å². The first-order valence-electron chi connectivity index (χ1n) is 4.95. The van der Waals surface area contributed by atoms with Crippen molar-refractivity contribution in [1.82, 2.24) is 0 Å². The van der Waals surface area contributed by atoms with E-state index in [4.69, 9.17) is 17.2 Å². The first kappa shape index (κ1) is 15.3. The van der Waals surface area contributed by atoms with E-state index < -0.39 is 20.7 Å². The molecule has 2 aromatic carbocycles. The van der Waals surface area contributed by atoms with E-state index in [1.165, 1.54) is 12.1 Å². The molecule has 0 fully saturated rings. The van der Waals surface area contributed by atoms with E-state index in [-0.39, 0.29) is 4.90 Å². The fraction of sp³-hybridized carbons (Fsp3) is 0.0909. The van der Waals surface area contributed by atoms with Crippen LogP contribution in [0.5, 0.6) is 0 Å². The van der Waals surface area contributed by atoms with Crippen LogP contribution in [0.2, 0.25) is 0 Å². The summed E-state index contributed by atoms with van der Waals surface area (Å²) in [5.74, 6) is 0. The molecule has 0 heterocycles. The molecule has 0 unspecified atom stereocenters. The van der Waals surface area contributed by atoms with Gasteiger partial charge in [-0.1, -0.05) is 29.8 Å². The Balaban J connectivity index is 0.000000399. The Morgan fingerprint density at radius 3 is 2.00 bits per heavy atom. The third kappa shape index (κ3) is 4.78. The van der Waals surface area contributed by atoms with Crippen LogP contribution in [-0.2, 0) is 20.7 Å². The van der Waals surface area contributed by atoms with Gasteiger partial charge in [0.15, 0.2) is 0 Å². The predicted octanol–water partition coefficient (Wildman–Crippen LogP) is 1.39. The van der Waals surface area contributed by atoms with E-state index in [0.29, 0.717) is 0 Å².